The molecule has 0 aromatic heterocycles. The Bertz CT molecular complexity index is 1010. The largest absolute Gasteiger partial charge is 0.497 e. The van der Waals surface area contributed by atoms with Crippen LogP contribution in [-0.4, -0.2) is 39.0 Å². The SMILES string of the molecule is C=C1C(Oc2ccc3ccc(OC)cc3c2)=CC=CN1CCS(C)(=O)=O. The van der Waals surface area contributed by atoms with Gasteiger partial charge in [-0.3, -0.25) is 0 Å². The summed E-state index contributed by atoms with van der Waals surface area (Å²) in [6.45, 7) is 4.37. The van der Waals surface area contributed by atoms with Crippen molar-refractivity contribution in [3.63, 3.8) is 0 Å². The molecule has 1 heterocycles. The van der Waals surface area contributed by atoms with Gasteiger partial charge in [-0.15, -0.1) is 0 Å². The molecule has 0 saturated heterocycles. The zero-order valence-electron chi connectivity index (χ0n) is 14.8. The van der Waals surface area contributed by atoms with Crippen molar-refractivity contribution in [2.24, 2.45) is 0 Å². The van der Waals surface area contributed by atoms with Gasteiger partial charge in [0, 0.05) is 19.0 Å². The first-order valence-electron chi connectivity index (χ1n) is 8.13. The summed E-state index contributed by atoms with van der Waals surface area (Å²) in [6.07, 6.45) is 6.65. The van der Waals surface area contributed by atoms with Crippen molar-refractivity contribution in [1.82, 2.24) is 4.90 Å². The second-order valence-corrected chi connectivity index (χ2v) is 8.38. The zero-order valence-corrected chi connectivity index (χ0v) is 15.6. The van der Waals surface area contributed by atoms with Gasteiger partial charge in [-0.2, -0.15) is 0 Å². The lowest BCUT2D eigenvalue weighted by Crippen LogP contribution is -2.26. The van der Waals surface area contributed by atoms with Gasteiger partial charge in [0.1, 0.15) is 27.1 Å². The van der Waals surface area contributed by atoms with Crippen molar-refractivity contribution < 1.29 is 17.9 Å². The lowest BCUT2D eigenvalue weighted by Gasteiger charge is -2.26. The molecule has 26 heavy (non-hydrogen) atoms. The predicted molar refractivity (Wildman–Crippen MR) is 104 cm³/mol. The maximum atomic E-state index is 11.4. The summed E-state index contributed by atoms with van der Waals surface area (Å²) in [6, 6.07) is 11.7. The maximum absolute atomic E-state index is 11.4. The van der Waals surface area contributed by atoms with Crippen molar-refractivity contribution in [3.8, 4) is 11.5 Å². The topological polar surface area (TPSA) is 55.8 Å². The number of rotatable bonds is 6. The van der Waals surface area contributed by atoms with E-state index in [0.29, 0.717) is 23.8 Å². The van der Waals surface area contributed by atoms with E-state index in [9.17, 15) is 8.42 Å². The normalized spacial score (nSPS) is 14.5. The van der Waals surface area contributed by atoms with Crippen LogP contribution in [0.5, 0.6) is 11.5 Å². The van der Waals surface area contributed by atoms with Crippen LogP contribution in [0.3, 0.4) is 0 Å². The molecule has 0 N–H and O–H groups in total. The van der Waals surface area contributed by atoms with Crippen LogP contribution >= 0.6 is 0 Å². The number of fused-ring (bicyclic) bond motifs is 1. The summed E-state index contributed by atoms with van der Waals surface area (Å²) in [7, 11) is -1.41. The van der Waals surface area contributed by atoms with E-state index in [1.54, 1.807) is 18.2 Å². The Balaban J connectivity index is 1.77. The Kier molecular flexibility index (Phi) is 5.04. The molecule has 2 aromatic carbocycles. The standard InChI is InChI=1S/C20H21NO4S/c1-15-20(5-4-10-21(15)11-12-26(3,22)23)25-19-9-7-16-6-8-18(24-2)13-17(16)14-19/h4-10,13-14H,1,11-12H2,2-3H3. The van der Waals surface area contributed by atoms with E-state index in [1.165, 1.54) is 6.26 Å². The molecular weight excluding hydrogens is 350 g/mol. The van der Waals surface area contributed by atoms with Gasteiger partial charge in [0.05, 0.1) is 18.6 Å². The Morgan fingerprint density at radius 3 is 2.46 bits per heavy atom. The summed E-state index contributed by atoms with van der Waals surface area (Å²) < 4.78 is 34.0. The summed E-state index contributed by atoms with van der Waals surface area (Å²) in [5, 5.41) is 2.10. The molecule has 0 bridgehead atoms. The predicted octanol–water partition coefficient (Wildman–Crippen LogP) is 3.50. The minimum Gasteiger partial charge on any atom is -0.497 e. The van der Waals surface area contributed by atoms with Crippen molar-refractivity contribution in [1.29, 1.82) is 0 Å². The van der Waals surface area contributed by atoms with Gasteiger partial charge < -0.3 is 14.4 Å². The van der Waals surface area contributed by atoms with Crippen LogP contribution in [-0.2, 0) is 9.84 Å². The third-order valence-electron chi connectivity index (χ3n) is 4.09. The minimum absolute atomic E-state index is 0.0550. The van der Waals surface area contributed by atoms with Crippen molar-refractivity contribution >= 4 is 20.6 Å². The number of hydrogen-bond acceptors (Lipinski definition) is 5. The van der Waals surface area contributed by atoms with Gasteiger partial charge in [-0.25, -0.2) is 8.42 Å². The Morgan fingerprint density at radius 2 is 1.77 bits per heavy atom. The first-order valence-corrected chi connectivity index (χ1v) is 10.2. The van der Waals surface area contributed by atoms with E-state index in [1.807, 2.05) is 48.6 Å². The molecule has 136 valence electrons. The highest BCUT2D eigenvalue weighted by Crippen LogP contribution is 2.28. The average molecular weight is 371 g/mol. The zero-order chi connectivity index (χ0) is 18.7. The van der Waals surface area contributed by atoms with E-state index in [-0.39, 0.29) is 5.75 Å². The molecular formula is C20H21NO4S. The molecule has 0 fully saturated rings. The lowest BCUT2D eigenvalue weighted by molar-refractivity contribution is 0.380. The van der Waals surface area contributed by atoms with Gasteiger partial charge in [-0.1, -0.05) is 18.7 Å². The van der Waals surface area contributed by atoms with Crippen molar-refractivity contribution in [2.45, 2.75) is 0 Å². The van der Waals surface area contributed by atoms with Gasteiger partial charge in [0.25, 0.3) is 0 Å². The van der Waals surface area contributed by atoms with Crippen LogP contribution in [0.15, 0.2) is 72.8 Å². The van der Waals surface area contributed by atoms with Crippen LogP contribution in [0.1, 0.15) is 0 Å². The van der Waals surface area contributed by atoms with Crippen LogP contribution in [0.2, 0.25) is 0 Å². The number of ether oxygens (including phenoxy) is 2. The second-order valence-electron chi connectivity index (χ2n) is 6.12. The highest BCUT2D eigenvalue weighted by atomic mass is 32.2. The molecule has 0 spiro atoms. The molecule has 0 atom stereocenters. The molecule has 0 amide bonds. The van der Waals surface area contributed by atoms with E-state index in [2.05, 4.69) is 6.58 Å². The summed E-state index contributed by atoms with van der Waals surface area (Å²) in [5.41, 5.74) is 0.627. The molecule has 0 saturated carbocycles. The monoisotopic (exact) mass is 371 g/mol. The highest BCUT2D eigenvalue weighted by molar-refractivity contribution is 7.90. The van der Waals surface area contributed by atoms with Crippen LogP contribution < -0.4 is 9.47 Å². The number of nitrogens with zero attached hydrogens (tertiary/aromatic N) is 1. The minimum atomic E-state index is -3.04. The highest BCUT2D eigenvalue weighted by Gasteiger charge is 2.17. The molecule has 3 rings (SSSR count). The van der Waals surface area contributed by atoms with Gasteiger partial charge >= 0.3 is 0 Å². The first-order chi connectivity index (χ1) is 12.4. The van der Waals surface area contributed by atoms with Gasteiger partial charge in [0.2, 0.25) is 0 Å². The molecule has 1 aliphatic rings. The molecule has 1 aliphatic heterocycles. The van der Waals surface area contributed by atoms with Crippen LogP contribution in [0.25, 0.3) is 10.8 Å². The van der Waals surface area contributed by atoms with E-state index in [4.69, 9.17) is 9.47 Å². The average Bonchev–Trinajstić information content (AvgIpc) is 2.61. The third-order valence-corrected chi connectivity index (χ3v) is 5.02. The fourth-order valence-corrected chi connectivity index (χ4v) is 3.18. The van der Waals surface area contributed by atoms with E-state index in [0.717, 1.165) is 16.5 Å². The summed E-state index contributed by atoms with van der Waals surface area (Å²) in [5.74, 6) is 2.10. The molecule has 0 unspecified atom stereocenters. The maximum Gasteiger partial charge on any atom is 0.150 e. The quantitative estimate of drug-likeness (QED) is 0.778. The van der Waals surface area contributed by atoms with Crippen LogP contribution in [0, 0.1) is 0 Å². The van der Waals surface area contributed by atoms with E-state index >= 15 is 0 Å². The number of hydrogen-bond donors (Lipinski definition) is 0. The van der Waals surface area contributed by atoms with E-state index < -0.39 is 9.84 Å². The summed E-state index contributed by atoms with van der Waals surface area (Å²) >= 11 is 0. The molecule has 6 heteroatoms. The molecule has 2 aromatic rings. The fraction of sp³-hybridized carbons (Fsp3) is 0.200. The summed E-state index contributed by atoms with van der Waals surface area (Å²) in [4.78, 5) is 1.78. The van der Waals surface area contributed by atoms with Gasteiger partial charge in [0.15, 0.2) is 0 Å². The van der Waals surface area contributed by atoms with Gasteiger partial charge in [-0.05, 0) is 47.2 Å². The Morgan fingerprint density at radius 1 is 1.08 bits per heavy atom. The molecule has 0 aliphatic carbocycles. The molecule has 5 nitrogen and oxygen atoms in total. The molecule has 0 radical (unpaired) electrons. The van der Waals surface area contributed by atoms with Crippen LogP contribution in [0.4, 0.5) is 0 Å². The fourth-order valence-electron chi connectivity index (χ4n) is 2.65. The third kappa shape index (κ3) is 4.26. The number of methoxy groups -OCH3 is 1. The number of sulfone groups is 1. The number of allylic oxidation sites excluding steroid dienone is 2. The van der Waals surface area contributed by atoms with Crippen molar-refractivity contribution in [3.05, 3.63) is 72.8 Å². The Hall–Kier alpha value is -2.73. The van der Waals surface area contributed by atoms with Crippen molar-refractivity contribution in [2.75, 3.05) is 25.7 Å². The first kappa shape index (κ1) is 18.1. The lowest BCUT2D eigenvalue weighted by atomic mass is 10.1. The Labute approximate surface area is 153 Å². The number of benzene rings is 2. The second kappa shape index (κ2) is 7.25. The smallest absolute Gasteiger partial charge is 0.150 e.